The quantitative estimate of drug-likeness (QED) is 0.666. The van der Waals surface area contributed by atoms with Crippen LogP contribution in [-0.4, -0.2) is 18.1 Å². The topological polar surface area (TPSA) is 64.4 Å². The van der Waals surface area contributed by atoms with Crippen molar-refractivity contribution in [3.63, 3.8) is 0 Å². The number of methoxy groups -OCH3 is 1. The van der Waals surface area contributed by atoms with E-state index in [9.17, 15) is 10.1 Å². The van der Waals surface area contributed by atoms with E-state index in [0.717, 1.165) is 19.3 Å². The lowest BCUT2D eigenvalue weighted by Gasteiger charge is -2.40. The molecular formula is C16H24N2O3. The van der Waals surface area contributed by atoms with Gasteiger partial charge in [0.2, 0.25) is 0 Å². The van der Waals surface area contributed by atoms with Crippen molar-refractivity contribution in [1.29, 1.82) is 0 Å². The predicted molar refractivity (Wildman–Crippen MR) is 83.9 cm³/mol. The molecule has 1 aromatic carbocycles. The van der Waals surface area contributed by atoms with E-state index in [1.807, 2.05) is 0 Å². The second-order valence-electron chi connectivity index (χ2n) is 6.78. The summed E-state index contributed by atoms with van der Waals surface area (Å²) in [4.78, 5) is 10.6. The van der Waals surface area contributed by atoms with Crippen molar-refractivity contribution in [2.45, 2.75) is 46.1 Å². The fraction of sp³-hybridized carbons (Fsp3) is 0.625. The van der Waals surface area contributed by atoms with Crippen molar-refractivity contribution in [3.8, 4) is 5.75 Å². The van der Waals surface area contributed by atoms with E-state index in [0.29, 0.717) is 28.8 Å². The van der Waals surface area contributed by atoms with Crippen molar-refractivity contribution in [2.75, 3.05) is 12.4 Å². The number of benzene rings is 1. The molecule has 2 unspecified atom stereocenters. The van der Waals surface area contributed by atoms with Crippen LogP contribution >= 0.6 is 0 Å². The smallest absolute Gasteiger partial charge is 0.271 e. The molecule has 0 saturated heterocycles. The monoisotopic (exact) mass is 292 g/mol. The van der Waals surface area contributed by atoms with Gasteiger partial charge in [-0.3, -0.25) is 10.1 Å². The highest BCUT2D eigenvalue weighted by atomic mass is 16.6. The highest BCUT2D eigenvalue weighted by Crippen LogP contribution is 2.40. The zero-order valence-electron chi connectivity index (χ0n) is 13.2. The maximum atomic E-state index is 10.9. The van der Waals surface area contributed by atoms with Gasteiger partial charge in [0, 0.05) is 18.2 Å². The lowest BCUT2D eigenvalue weighted by molar-refractivity contribution is -0.384. The molecule has 1 fully saturated rings. The third-order valence-corrected chi connectivity index (χ3v) is 4.43. The fourth-order valence-corrected chi connectivity index (χ4v) is 3.28. The third kappa shape index (κ3) is 3.65. The first-order valence-corrected chi connectivity index (χ1v) is 7.41. The molecule has 0 spiro atoms. The van der Waals surface area contributed by atoms with Crippen LogP contribution in [0.25, 0.3) is 0 Å². The average molecular weight is 292 g/mol. The Labute approximate surface area is 125 Å². The van der Waals surface area contributed by atoms with Crippen molar-refractivity contribution in [1.82, 2.24) is 0 Å². The van der Waals surface area contributed by atoms with Crippen molar-refractivity contribution in [3.05, 3.63) is 28.3 Å². The summed E-state index contributed by atoms with van der Waals surface area (Å²) in [6.07, 6.45) is 3.38. The summed E-state index contributed by atoms with van der Waals surface area (Å²) >= 11 is 0. The van der Waals surface area contributed by atoms with Crippen LogP contribution < -0.4 is 10.1 Å². The van der Waals surface area contributed by atoms with Crippen molar-refractivity contribution in [2.24, 2.45) is 11.3 Å². The number of hydrogen-bond donors (Lipinski definition) is 1. The van der Waals surface area contributed by atoms with E-state index in [1.54, 1.807) is 19.2 Å². The highest BCUT2D eigenvalue weighted by molar-refractivity contribution is 5.62. The van der Waals surface area contributed by atoms with Gasteiger partial charge in [0.1, 0.15) is 5.75 Å². The molecule has 5 heteroatoms. The lowest BCUT2D eigenvalue weighted by atomic mass is 9.70. The number of non-ortho nitro benzene ring substituents is 1. The fourth-order valence-electron chi connectivity index (χ4n) is 3.28. The number of nitrogens with zero attached hydrogens (tertiary/aromatic N) is 1. The first-order valence-electron chi connectivity index (χ1n) is 7.41. The molecule has 1 aromatic rings. The van der Waals surface area contributed by atoms with Crippen LogP contribution in [0.15, 0.2) is 18.2 Å². The summed E-state index contributed by atoms with van der Waals surface area (Å²) in [7, 11) is 1.58. The van der Waals surface area contributed by atoms with Gasteiger partial charge in [-0.1, -0.05) is 20.8 Å². The molecule has 2 atom stereocenters. The Hall–Kier alpha value is -1.78. The van der Waals surface area contributed by atoms with Crippen LogP contribution in [0.5, 0.6) is 5.75 Å². The van der Waals surface area contributed by atoms with Gasteiger partial charge in [-0.2, -0.15) is 0 Å². The normalized spacial score (nSPS) is 24.4. The Morgan fingerprint density at radius 1 is 1.43 bits per heavy atom. The van der Waals surface area contributed by atoms with Gasteiger partial charge in [-0.05, 0) is 36.7 Å². The van der Waals surface area contributed by atoms with E-state index in [4.69, 9.17) is 4.74 Å². The Balaban J connectivity index is 2.18. The molecule has 0 aromatic heterocycles. The summed E-state index contributed by atoms with van der Waals surface area (Å²) in [6.45, 7) is 6.84. The maximum Gasteiger partial charge on any atom is 0.271 e. The summed E-state index contributed by atoms with van der Waals surface area (Å²) in [5.74, 6) is 1.18. The molecule has 21 heavy (non-hydrogen) atoms. The van der Waals surface area contributed by atoms with Crippen LogP contribution in [-0.2, 0) is 0 Å². The summed E-state index contributed by atoms with van der Waals surface area (Å²) < 4.78 is 5.31. The standard InChI is InChI=1S/C16H24N2O3/c1-11-10-16(2,3)8-7-13(11)17-14-9-12(18(19)20)5-6-15(14)21-4/h5-6,9,11,13,17H,7-8,10H2,1-4H3. The largest absolute Gasteiger partial charge is 0.495 e. The minimum Gasteiger partial charge on any atom is -0.495 e. The van der Waals surface area contributed by atoms with E-state index in [1.165, 1.54) is 6.07 Å². The van der Waals surface area contributed by atoms with Crippen LogP contribution in [0, 0.1) is 21.4 Å². The minimum atomic E-state index is -0.377. The van der Waals surface area contributed by atoms with Crippen LogP contribution in [0.1, 0.15) is 40.0 Å². The molecule has 1 N–H and O–H groups in total. The van der Waals surface area contributed by atoms with E-state index >= 15 is 0 Å². The molecule has 0 bridgehead atoms. The van der Waals surface area contributed by atoms with Gasteiger partial charge in [0.05, 0.1) is 17.7 Å². The van der Waals surface area contributed by atoms with Crippen LogP contribution in [0.4, 0.5) is 11.4 Å². The molecule has 0 amide bonds. The third-order valence-electron chi connectivity index (χ3n) is 4.43. The molecule has 0 radical (unpaired) electrons. The molecule has 1 aliphatic carbocycles. The molecule has 0 aliphatic heterocycles. The van der Waals surface area contributed by atoms with Crippen molar-refractivity contribution < 1.29 is 9.66 Å². The lowest BCUT2D eigenvalue weighted by Crippen LogP contribution is -2.36. The van der Waals surface area contributed by atoms with Crippen LogP contribution in [0.3, 0.4) is 0 Å². The van der Waals surface area contributed by atoms with E-state index < -0.39 is 0 Å². The van der Waals surface area contributed by atoms with Crippen molar-refractivity contribution >= 4 is 11.4 Å². The summed E-state index contributed by atoms with van der Waals surface area (Å²) in [5.41, 5.74) is 1.18. The Morgan fingerprint density at radius 3 is 2.71 bits per heavy atom. The molecule has 5 nitrogen and oxygen atoms in total. The first kappa shape index (κ1) is 15.6. The Morgan fingerprint density at radius 2 is 2.14 bits per heavy atom. The van der Waals surface area contributed by atoms with Gasteiger partial charge in [-0.25, -0.2) is 0 Å². The molecule has 116 valence electrons. The minimum absolute atomic E-state index is 0.0853. The van der Waals surface area contributed by atoms with Gasteiger partial charge in [-0.15, -0.1) is 0 Å². The zero-order valence-corrected chi connectivity index (χ0v) is 13.2. The van der Waals surface area contributed by atoms with E-state index in [2.05, 4.69) is 26.1 Å². The summed E-state index contributed by atoms with van der Waals surface area (Å²) in [6, 6.07) is 5.01. The number of nitro groups is 1. The zero-order chi connectivity index (χ0) is 15.6. The van der Waals surface area contributed by atoms with Gasteiger partial charge < -0.3 is 10.1 Å². The van der Waals surface area contributed by atoms with E-state index in [-0.39, 0.29) is 10.6 Å². The van der Waals surface area contributed by atoms with Gasteiger partial charge in [0.25, 0.3) is 5.69 Å². The SMILES string of the molecule is COc1ccc([N+](=O)[O-])cc1NC1CCC(C)(C)CC1C. The number of hydrogen-bond acceptors (Lipinski definition) is 4. The molecule has 2 rings (SSSR count). The second kappa shape index (κ2) is 5.92. The highest BCUT2D eigenvalue weighted by Gasteiger charge is 2.32. The maximum absolute atomic E-state index is 10.9. The summed E-state index contributed by atoms with van der Waals surface area (Å²) in [5, 5.41) is 14.4. The Kier molecular flexibility index (Phi) is 4.40. The number of nitrogens with one attached hydrogen (secondary N) is 1. The first-order chi connectivity index (χ1) is 9.82. The van der Waals surface area contributed by atoms with Gasteiger partial charge in [0.15, 0.2) is 0 Å². The van der Waals surface area contributed by atoms with Gasteiger partial charge >= 0.3 is 0 Å². The number of anilines is 1. The van der Waals surface area contributed by atoms with Crippen LogP contribution in [0.2, 0.25) is 0 Å². The number of rotatable bonds is 4. The Bertz CT molecular complexity index is 528. The predicted octanol–water partition coefficient (Wildman–Crippen LogP) is 4.23. The second-order valence-corrected chi connectivity index (χ2v) is 6.78. The average Bonchev–Trinajstić information content (AvgIpc) is 2.41. The molecule has 1 aliphatic rings. The number of nitro benzene ring substituents is 1. The molecule has 1 saturated carbocycles. The molecular weight excluding hydrogens is 268 g/mol. The number of ether oxygens (including phenoxy) is 1. The molecule has 0 heterocycles.